The topological polar surface area (TPSA) is 63.8 Å². The SMILES string of the molecule is CCc1cc(OC(C)CN(C)C)c(F)c(C([C]SC)=Nc2ccc(-c3noc(C)n3)cc2)c1. The van der Waals surface area contributed by atoms with E-state index in [1.54, 1.807) is 13.0 Å². The van der Waals surface area contributed by atoms with Crippen LogP contribution < -0.4 is 4.74 Å². The molecule has 0 amide bonds. The molecule has 1 aromatic heterocycles. The quantitative estimate of drug-likeness (QED) is 0.361. The number of rotatable bonds is 10. The summed E-state index contributed by atoms with van der Waals surface area (Å²) in [7, 11) is 3.92. The highest BCUT2D eigenvalue weighted by atomic mass is 32.2. The van der Waals surface area contributed by atoms with Gasteiger partial charge in [-0.05, 0) is 75.7 Å². The highest BCUT2D eigenvalue weighted by molar-refractivity contribution is 8.01. The summed E-state index contributed by atoms with van der Waals surface area (Å²) in [6.07, 6.45) is 2.46. The van der Waals surface area contributed by atoms with Crippen LogP contribution in [0.15, 0.2) is 45.9 Å². The van der Waals surface area contributed by atoms with Gasteiger partial charge in [0.2, 0.25) is 11.7 Å². The van der Waals surface area contributed by atoms with Gasteiger partial charge in [0.25, 0.3) is 0 Å². The number of likely N-dealkylation sites (N-methyl/N-ethyl adjacent to an activating group) is 1. The van der Waals surface area contributed by atoms with Crippen LogP contribution in [0.25, 0.3) is 11.4 Å². The lowest BCUT2D eigenvalue weighted by Gasteiger charge is -2.20. The third-order valence-corrected chi connectivity index (χ3v) is 5.20. The first-order valence-corrected chi connectivity index (χ1v) is 12.0. The highest BCUT2D eigenvalue weighted by Crippen LogP contribution is 2.29. The molecule has 8 heteroatoms. The lowest BCUT2D eigenvalue weighted by Crippen LogP contribution is -2.28. The molecule has 0 aliphatic carbocycles. The Labute approximate surface area is 199 Å². The molecule has 2 radical (unpaired) electrons. The molecule has 6 nitrogen and oxygen atoms in total. The Hall–Kier alpha value is -2.71. The lowest BCUT2D eigenvalue weighted by molar-refractivity contribution is 0.170. The first-order chi connectivity index (χ1) is 15.8. The van der Waals surface area contributed by atoms with Crippen molar-refractivity contribution in [3.63, 3.8) is 0 Å². The van der Waals surface area contributed by atoms with E-state index in [1.807, 2.05) is 69.4 Å². The smallest absolute Gasteiger partial charge is 0.223 e. The van der Waals surface area contributed by atoms with E-state index >= 15 is 4.39 Å². The predicted molar refractivity (Wildman–Crippen MR) is 132 cm³/mol. The Bertz CT molecular complexity index is 1100. The van der Waals surface area contributed by atoms with Gasteiger partial charge < -0.3 is 14.2 Å². The maximum absolute atomic E-state index is 15.6. The van der Waals surface area contributed by atoms with Crippen molar-refractivity contribution < 1.29 is 13.7 Å². The fraction of sp³-hybridized carbons (Fsp3) is 0.360. The molecule has 174 valence electrons. The molecule has 33 heavy (non-hydrogen) atoms. The van der Waals surface area contributed by atoms with Crippen molar-refractivity contribution in [2.45, 2.75) is 33.3 Å². The van der Waals surface area contributed by atoms with Crippen LogP contribution >= 0.6 is 11.8 Å². The lowest BCUT2D eigenvalue weighted by atomic mass is 10.0. The van der Waals surface area contributed by atoms with Crippen LogP contribution in [0.2, 0.25) is 0 Å². The summed E-state index contributed by atoms with van der Waals surface area (Å²) in [5, 5.41) is 3.93. The minimum absolute atomic E-state index is 0.162. The van der Waals surface area contributed by atoms with Gasteiger partial charge in [0.15, 0.2) is 11.6 Å². The van der Waals surface area contributed by atoms with Crippen molar-refractivity contribution in [2.24, 2.45) is 4.99 Å². The monoisotopic (exact) mass is 468 g/mol. The molecule has 1 unspecified atom stereocenters. The van der Waals surface area contributed by atoms with Crippen LogP contribution in [0.4, 0.5) is 10.1 Å². The average Bonchev–Trinajstić information content (AvgIpc) is 3.21. The number of aliphatic imine (C=N–C) groups is 1. The van der Waals surface area contributed by atoms with E-state index in [-0.39, 0.29) is 11.9 Å². The van der Waals surface area contributed by atoms with Crippen molar-refractivity contribution >= 4 is 23.2 Å². The van der Waals surface area contributed by atoms with Crippen molar-refractivity contribution in [3.05, 3.63) is 65.0 Å². The fourth-order valence-corrected chi connectivity index (χ4v) is 3.70. The number of benzene rings is 2. The zero-order valence-corrected chi connectivity index (χ0v) is 20.7. The summed E-state index contributed by atoms with van der Waals surface area (Å²) in [5.41, 5.74) is 3.24. The summed E-state index contributed by atoms with van der Waals surface area (Å²) in [4.78, 5) is 10.9. The number of thioether (sulfide) groups is 1. The van der Waals surface area contributed by atoms with Gasteiger partial charge in [-0.15, -0.1) is 11.8 Å². The molecule has 2 aromatic carbocycles. The molecule has 1 heterocycles. The van der Waals surface area contributed by atoms with E-state index in [1.165, 1.54) is 11.8 Å². The Morgan fingerprint density at radius 2 is 2.00 bits per heavy atom. The van der Waals surface area contributed by atoms with Crippen LogP contribution in [-0.2, 0) is 6.42 Å². The third kappa shape index (κ3) is 6.65. The van der Waals surface area contributed by atoms with Gasteiger partial charge in [-0.2, -0.15) is 4.98 Å². The molecule has 0 aliphatic rings. The molecule has 1 atom stereocenters. The van der Waals surface area contributed by atoms with Crippen molar-refractivity contribution in [1.29, 1.82) is 0 Å². The minimum Gasteiger partial charge on any atom is -0.486 e. The second-order valence-electron chi connectivity index (χ2n) is 7.95. The first-order valence-electron chi connectivity index (χ1n) is 10.7. The van der Waals surface area contributed by atoms with E-state index in [4.69, 9.17) is 9.26 Å². The molecule has 0 saturated carbocycles. The maximum atomic E-state index is 15.6. The molecule has 0 bridgehead atoms. The summed E-state index contributed by atoms with van der Waals surface area (Å²) in [6, 6.07) is 11.0. The molecule has 3 rings (SSSR count). The third-order valence-electron chi connectivity index (χ3n) is 4.81. The number of hydrogen-bond donors (Lipinski definition) is 0. The van der Waals surface area contributed by atoms with Crippen molar-refractivity contribution in [1.82, 2.24) is 15.0 Å². The number of hydrogen-bond acceptors (Lipinski definition) is 7. The van der Waals surface area contributed by atoms with Gasteiger partial charge >= 0.3 is 0 Å². The van der Waals surface area contributed by atoms with Gasteiger partial charge in [0.1, 0.15) is 11.9 Å². The summed E-state index contributed by atoms with van der Waals surface area (Å²) >= 11 is 1.35. The summed E-state index contributed by atoms with van der Waals surface area (Å²) in [6.45, 7) is 6.38. The molecule has 0 fully saturated rings. The van der Waals surface area contributed by atoms with E-state index in [0.717, 1.165) is 17.5 Å². The van der Waals surface area contributed by atoms with Gasteiger partial charge in [-0.1, -0.05) is 12.1 Å². The molecular weight excluding hydrogens is 439 g/mol. The Morgan fingerprint density at radius 1 is 1.27 bits per heavy atom. The van der Waals surface area contributed by atoms with E-state index < -0.39 is 5.82 Å². The highest BCUT2D eigenvalue weighted by Gasteiger charge is 2.19. The fourth-order valence-electron chi connectivity index (χ4n) is 3.35. The van der Waals surface area contributed by atoms with Crippen molar-refractivity contribution in [3.8, 4) is 17.1 Å². The molecule has 0 spiro atoms. The van der Waals surface area contributed by atoms with Gasteiger partial charge in [0.05, 0.1) is 11.4 Å². The van der Waals surface area contributed by atoms with Crippen LogP contribution in [0.3, 0.4) is 0 Å². The van der Waals surface area contributed by atoms with E-state index in [9.17, 15) is 0 Å². The van der Waals surface area contributed by atoms with Crippen LogP contribution in [0.5, 0.6) is 5.75 Å². The van der Waals surface area contributed by atoms with Gasteiger partial charge in [-0.3, -0.25) is 4.99 Å². The molecule has 0 N–H and O–H groups in total. The summed E-state index contributed by atoms with van der Waals surface area (Å²) < 4.78 is 26.6. The number of aryl methyl sites for hydroxylation is 2. The largest absolute Gasteiger partial charge is 0.486 e. The second-order valence-corrected chi connectivity index (χ2v) is 8.56. The Morgan fingerprint density at radius 3 is 2.58 bits per heavy atom. The molecular formula is C25H29FN4O2S. The first kappa shape index (κ1) is 24.9. The van der Waals surface area contributed by atoms with Gasteiger partial charge in [-0.25, -0.2) is 4.39 Å². The Balaban J connectivity index is 1.96. The van der Waals surface area contributed by atoms with Crippen LogP contribution in [-0.4, -0.2) is 53.8 Å². The molecule has 3 aromatic rings. The Kier molecular flexibility index (Phi) is 8.63. The molecule has 0 aliphatic heterocycles. The van der Waals surface area contributed by atoms with Crippen molar-refractivity contribution in [2.75, 3.05) is 26.9 Å². The molecule has 0 saturated heterocycles. The average molecular weight is 469 g/mol. The maximum Gasteiger partial charge on any atom is 0.223 e. The predicted octanol–water partition coefficient (Wildman–Crippen LogP) is 5.60. The van der Waals surface area contributed by atoms with Crippen LogP contribution in [0, 0.1) is 18.5 Å². The minimum atomic E-state index is -0.433. The number of nitrogens with zero attached hydrogens (tertiary/aromatic N) is 4. The normalized spacial score (nSPS) is 12.9. The van der Waals surface area contributed by atoms with Gasteiger partial charge in [0, 0.05) is 24.6 Å². The summed E-state index contributed by atoms with van der Waals surface area (Å²) in [5.74, 6) is 3.94. The van der Waals surface area contributed by atoms with E-state index in [0.29, 0.717) is 35.2 Å². The second kappa shape index (κ2) is 11.4. The number of ether oxygens (including phenoxy) is 1. The standard InChI is InChI=1S/C25H29FN4O2S/c1-7-18-12-21(24(26)23(13-18)31-16(2)14-30(4)5)22(15-33-6)28-20-10-8-19(9-11-20)25-27-17(3)32-29-25/h8-13,16H,7,14H2,1-6H3. The number of aromatic nitrogens is 2. The zero-order chi connectivity index (χ0) is 24.0. The van der Waals surface area contributed by atoms with Crippen LogP contribution in [0.1, 0.15) is 30.9 Å². The zero-order valence-electron chi connectivity index (χ0n) is 19.8. The van der Waals surface area contributed by atoms with E-state index in [2.05, 4.69) is 20.9 Å². The number of halogens is 1.